The molecule has 2 aromatic carbocycles. The fourth-order valence-electron chi connectivity index (χ4n) is 2.73. The molecular formula is C19H14FN3OS. The molecule has 2 heterocycles. The summed E-state index contributed by atoms with van der Waals surface area (Å²) in [7, 11) is 0. The number of halogens is 1. The zero-order valence-electron chi connectivity index (χ0n) is 13.1. The molecule has 0 saturated carbocycles. The number of amides is 1. The standard InChI is InChI=1S/C19H14FN3OS/c20-14-5-3-4-12(8-14)17-11-25-19(22-17)23-18(24)9-13-10-21-16-7-2-1-6-15(13)16/h1-8,10-11,21H,9H2,(H,22,23,24). The molecule has 4 rings (SSSR count). The second-order valence-electron chi connectivity index (χ2n) is 5.63. The van der Waals surface area contributed by atoms with Crippen molar-refractivity contribution in [2.75, 3.05) is 5.32 Å². The molecule has 0 unspecified atom stereocenters. The third-order valence-electron chi connectivity index (χ3n) is 3.90. The first-order valence-corrected chi connectivity index (χ1v) is 8.63. The summed E-state index contributed by atoms with van der Waals surface area (Å²) in [5.74, 6) is -0.444. The first-order chi connectivity index (χ1) is 12.2. The summed E-state index contributed by atoms with van der Waals surface area (Å²) in [6.45, 7) is 0. The predicted molar refractivity (Wildman–Crippen MR) is 98.1 cm³/mol. The van der Waals surface area contributed by atoms with Gasteiger partial charge in [0.1, 0.15) is 5.82 Å². The Morgan fingerprint density at radius 1 is 1.20 bits per heavy atom. The monoisotopic (exact) mass is 351 g/mol. The molecule has 0 spiro atoms. The van der Waals surface area contributed by atoms with Gasteiger partial charge < -0.3 is 10.3 Å². The minimum absolute atomic E-state index is 0.134. The van der Waals surface area contributed by atoms with E-state index in [1.807, 2.05) is 30.5 Å². The van der Waals surface area contributed by atoms with Crippen molar-refractivity contribution < 1.29 is 9.18 Å². The number of fused-ring (bicyclic) bond motifs is 1. The summed E-state index contributed by atoms with van der Waals surface area (Å²) in [4.78, 5) is 19.8. The molecule has 0 aliphatic rings. The Labute approximate surface area is 147 Å². The van der Waals surface area contributed by atoms with Crippen LogP contribution in [0.15, 0.2) is 60.1 Å². The highest BCUT2D eigenvalue weighted by molar-refractivity contribution is 7.14. The minimum Gasteiger partial charge on any atom is -0.361 e. The van der Waals surface area contributed by atoms with Crippen LogP contribution in [0.3, 0.4) is 0 Å². The Morgan fingerprint density at radius 2 is 2.08 bits per heavy atom. The van der Waals surface area contributed by atoms with Crippen molar-refractivity contribution in [1.82, 2.24) is 9.97 Å². The Kier molecular flexibility index (Phi) is 4.03. The average Bonchev–Trinajstić information content (AvgIpc) is 3.23. The highest BCUT2D eigenvalue weighted by Crippen LogP contribution is 2.25. The van der Waals surface area contributed by atoms with Gasteiger partial charge in [0.15, 0.2) is 5.13 Å². The van der Waals surface area contributed by atoms with Crippen molar-refractivity contribution in [1.29, 1.82) is 0 Å². The molecule has 25 heavy (non-hydrogen) atoms. The number of para-hydroxylation sites is 1. The smallest absolute Gasteiger partial charge is 0.230 e. The SMILES string of the molecule is O=C(Cc1c[nH]c2ccccc12)Nc1nc(-c2cccc(F)c2)cs1. The Hall–Kier alpha value is -2.99. The molecule has 6 heteroatoms. The molecule has 0 atom stereocenters. The number of aromatic amines is 1. The van der Waals surface area contributed by atoms with Gasteiger partial charge in [-0.2, -0.15) is 0 Å². The van der Waals surface area contributed by atoms with E-state index in [2.05, 4.69) is 15.3 Å². The summed E-state index contributed by atoms with van der Waals surface area (Å²) in [6, 6.07) is 14.1. The number of nitrogens with zero attached hydrogens (tertiary/aromatic N) is 1. The molecule has 0 aliphatic carbocycles. The van der Waals surface area contributed by atoms with Crippen LogP contribution in [0.4, 0.5) is 9.52 Å². The van der Waals surface area contributed by atoms with E-state index in [1.165, 1.54) is 23.5 Å². The van der Waals surface area contributed by atoms with Crippen LogP contribution in [0, 0.1) is 5.82 Å². The molecule has 0 bridgehead atoms. The Morgan fingerprint density at radius 3 is 2.96 bits per heavy atom. The first-order valence-electron chi connectivity index (χ1n) is 7.75. The van der Waals surface area contributed by atoms with Crippen molar-refractivity contribution in [2.45, 2.75) is 6.42 Å². The zero-order chi connectivity index (χ0) is 17.2. The van der Waals surface area contributed by atoms with Crippen LogP contribution in [0.5, 0.6) is 0 Å². The summed E-state index contributed by atoms with van der Waals surface area (Å²) in [5, 5.41) is 6.16. The van der Waals surface area contributed by atoms with Crippen LogP contribution < -0.4 is 5.32 Å². The second-order valence-corrected chi connectivity index (χ2v) is 6.49. The predicted octanol–water partition coefficient (Wildman–Crippen LogP) is 4.61. The van der Waals surface area contributed by atoms with Crippen LogP contribution in [-0.4, -0.2) is 15.9 Å². The van der Waals surface area contributed by atoms with E-state index < -0.39 is 0 Å². The van der Waals surface area contributed by atoms with Gasteiger partial charge in [-0.3, -0.25) is 4.79 Å². The molecule has 4 aromatic rings. The van der Waals surface area contributed by atoms with E-state index in [9.17, 15) is 9.18 Å². The van der Waals surface area contributed by atoms with Crippen LogP contribution in [0.2, 0.25) is 0 Å². The number of carbonyl (C=O) groups excluding carboxylic acids is 1. The number of hydrogen-bond donors (Lipinski definition) is 2. The minimum atomic E-state index is -0.310. The van der Waals surface area contributed by atoms with E-state index >= 15 is 0 Å². The van der Waals surface area contributed by atoms with Gasteiger partial charge in [-0.05, 0) is 23.8 Å². The molecule has 0 radical (unpaired) electrons. The fourth-order valence-corrected chi connectivity index (χ4v) is 3.46. The highest BCUT2D eigenvalue weighted by Gasteiger charge is 2.11. The molecule has 2 N–H and O–H groups in total. The van der Waals surface area contributed by atoms with E-state index in [4.69, 9.17) is 0 Å². The van der Waals surface area contributed by atoms with Crippen LogP contribution in [0.1, 0.15) is 5.56 Å². The highest BCUT2D eigenvalue weighted by atomic mass is 32.1. The van der Waals surface area contributed by atoms with Gasteiger partial charge in [0, 0.05) is 28.0 Å². The third-order valence-corrected chi connectivity index (χ3v) is 4.65. The maximum absolute atomic E-state index is 13.3. The number of carbonyl (C=O) groups is 1. The van der Waals surface area contributed by atoms with Crippen LogP contribution in [-0.2, 0) is 11.2 Å². The summed E-state index contributed by atoms with van der Waals surface area (Å²) >= 11 is 1.32. The van der Waals surface area contributed by atoms with Crippen molar-refractivity contribution in [3.8, 4) is 11.3 Å². The van der Waals surface area contributed by atoms with Gasteiger partial charge in [0.2, 0.25) is 5.91 Å². The lowest BCUT2D eigenvalue weighted by atomic mass is 10.1. The molecule has 0 aliphatic heterocycles. The lowest BCUT2D eigenvalue weighted by molar-refractivity contribution is -0.115. The Bertz CT molecular complexity index is 1050. The number of aromatic nitrogens is 2. The van der Waals surface area contributed by atoms with Gasteiger partial charge >= 0.3 is 0 Å². The zero-order valence-corrected chi connectivity index (χ0v) is 13.9. The largest absolute Gasteiger partial charge is 0.361 e. The van der Waals surface area contributed by atoms with E-state index in [0.717, 1.165) is 16.5 Å². The normalized spacial score (nSPS) is 10.9. The van der Waals surface area contributed by atoms with Gasteiger partial charge in [0.05, 0.1) is 12.1 Å². The van der Waals surface area contributed by atoms with Crippen molar-refractivity contribution in [2.24, 2.45) is 0 Å². The van der Waals surface area contributed by atoms with E-state index in [-0.39, 0.29) is 18.1 Å². The average molecular weight is 351 g/mol. The quantitative estimate of drug-likeness (QED) is 0.564. The number of hydrogen-bond acceptors (Lipinski definition) is 3. The number of thiazole rings is 1. The van der Waals surface area contributed by atoms with E-state index in [1.54, 1.807) is 17.5 Å². The van der Waals surface area contributed by atoms with Gasteiger partial charge in [-0.25, -0.2) is 9.37 Å². The number of anilines is 1. The molecule has 0 saturated heterocycles. The topological polar surface area (TPSA) is 57.8 Å². The maximum atomic E-state index is 13.3. The fraction of sp³-hybridized carbons (Fsp3) is 0.0526. The molecular weight excluding hydrogens is 337 g/mol. The molecule has 124 valence electrons. The number of nitrogens with one attached hydrogen (secondary N) is 2. The van der Waals surface area contributed by atoms with Crippen LogP contribution in [0.25, 0.3) is 22.2 Å². The van der Waals surface area contributed by atoms with Crippen molar-refractivity contribution in [3.63, 3.8) is 0 Å². The van der Waals surface area contributed by atoms with Crippen LogP contribution >= 0.6 is 11.3 Å². The molecule has 1 amide bonds. The molecule has 0 fully saturated rings. The van der Waals surface area contributed by atoms with Gasteiger partial charge in [-0.15, -0.1) is 11.3 Å². The third kappa shape index (κ3) is 3.29. The lowest BCUT2D eigenvalue weighted by Gasteiger charge is -2.01. The number of rotatable bonds is 4. The molecule has 4 nitrogen and oxygen atoms in total. The first kappa shape index (κ1) is 15.5. The number of H-pyrrole nitrogens is 1. The van der Waals surface area contributed by atoms with Gasteiger partial charge in [0.25, 0.3) is 0 Å². The lowest BCUT2D eigenvalue weighted by Crippen LogP contribution is -2.14. The second kappa shape index (κ2) is 6.49. The number of benzene rings is 2. The summed E-state index contributed by atoms with van der Waals surface area (Å²) in [6.07, 6.45) is 2.11. The summed E-state index contributed by atoms with van der Waals surface area (Å²) in [5.41, 5.74) is 3.28. The maximum Gasteiger partial charge on any atom is 0.230 e. The van der Waals surface area contributed by atoms with Crippen molar-refractivity contribution in [3.05, 3.63) is 71.5 Å². The summed E-state index contributed by atoms with van der Waals surface area (Å²) < 4.78 is 13.3. The van der Waals surface area contributed by atoms with Crippen molar-refractivity contribution >= 4 is 33.3 Å². The molecule has 2 aromatic heterocycles. The van der Waals surface area contributed by atoms with Gasteiger partial charge in [-0.1, -0.05) is 30.3 Å². The van der Waals surface area contributed by atoms with E-state index in [0.29, 0.717) is 16.4 Å². The Balaban J connectivity index is 1.48.